The molecule has 0 aliphatic heterocycles. The zero-order valence-electron chi connectivity index (χ0n) is 17.2. The van der Waals surface area contributed by atoms with Gasteiger partial charge < -0.3 is 10.2 Å². The Kier molecular flexibility index (Phi) is 7.71. The molecule has 3 rings (SSSR count). The molecule has 1 aromatic carbocycles. The lowest BCUT2D eigenvalue weighted by atomic mass is 10.1. The van der Waals surface area contributed by atoms with E-state index >= 15 is 0 Å². The topological polar surface area (TPSA) is 91.0 Å². The maximum Gasteiger partial charge on any atom is 0.252 e. The third kappa shape index (κ3) is 6.55. The fraction of sp³-hybridized carbons (Fsp3) is 0.304. The molecule has 1 amide bonds. The van der Waals surface area contributed by atoms with Gasteiger partial charge in [-0.15, -0.1) is 0 Å². The first-order chi connectivity index (χ1) is 14.6. The second kappa shape index (κ2) is 10.9. The number of aromatic amines is 1. The molecule has 30 heavy (non-hydrogen) atoms. The van der Waals surface area contributed by atoms with Crippen LogP contribution in [0.15, 0.2) is 65.7 Å². The highest BCUT2D eigenvalue weighted by Crippen LogP contribution is 2.17. The number of pyridine rings is 1. The van der Waals surface area contributed by atoms with Crippen molar-refractivity contribution in [2.24, 2.45) is 0 Å². The summed E-state index contributed by atoms with van der Waals surface area (Å²) in [6, 6.07) is 15.4. The third-order valence-electron chi connectivity index (χ3n) is 4.75. The summed E-state index contributed by atoms with van der Waals surface area (Å²) in [5.74, 6) is 0.539. The molecule has 7 heteroatoms. The zero-order valence-corrected chi connectivity index (χ0v) is 17.2. The number of unbranched alkanes of at least 4 members (excludes halogenated alkanes) is 1. The van der Waals surface area contributed by atoms with Gasteiger partial charge in [0.25, 0.3) is 5.56 Å². The number of carbonyl (C=O) groups is 1. The second-order valence-corrected chi connectivity index (χ2v) is 7.10. The molecule has 2 heterocycles. The predicted molar refractivity (Wildman–Crippen MR) is 118 cm³/mol. The van der Waals surface area contributed by atoms with Gasteiger partial charge in [0.2, 0.25) is 11.9 Å². The van der Waals surface area contributed by atoms with E-state index in [1.807, 2.05) is 30.3 Å². The second-order valence-electron chi connectivity index (χ2n) is 7.10. The van der Waals surface area contributed by atoms with E-state index < -0.39 is 0 Å². The molecule has 2 aromatic heterocycles. The van der Waals surface area contributed by atoms with Crippen LogP contribution in [-0.2, 0) is 11.2 Å². The molecule has 0 radical (unpaired) electrons. The molecule has 0 bridgehead atoms. The van der Waals surface area contributed by atoms with Gasteiger partial charge in [-0.25, -0.2) is 4.98 Å². The summed E-state index contributed by atoms with van der Waals surface area (Å²) < 4.78 is 0. The molecule has 2 N–H and O–H groups in total. The Morgan fingerprint density at radius 2 is 1.83 bits per heavy atom. The van der Waals surface area contributed by atoms with E-state index in [4.69, 9.17) is 4.98 Å². The van der Waals surface area contributed by atoms with E-state index in [9.17, 15) is 9.59 Å². The van der Waals surface area contributed by atoms with Crippen LogP contribution in [0.25, 0.3) is 11.3 Å². The summed E-state index contributed by atoms with van der Waals surface area (Å²) >= 11 is 0. The number of nitrogens with one attached hydrogen (secondary N) is 2. The van der Waals surface area contributed by atoms with E-state index in [-0.39, 0.29) is 11.5 Å². The summed E-state index contributed by atoms with van der Waals surface area (Å²) in [5, 5.41) is 2.82. The SMILES string of the molecule is CC(=O)NCCCCN(CCc1ccccc1)c1nc(-c2ccncc2)cc(=O)[nH]1. The largest absolute Gasteiger partial charge is 0.356 e. The summed E-state index contributed by atoms with van der Waals surface area (Å²) in [6.07, 6.45) is 5.95. The minimum atomic E-state index is -0.185. The minimum Gasteiger partial charge on any atom is -0.356 e. The van der Waals surface area contributed by atoms with E-state index in [0.29, 0.717) is 18.2 Å². The van der Waals surface area contributed by atoms with Gasteiger partial charge in [0.15, 0.2) is 0 Å². The van der Waals surface area contributed by atoms with Gasteiger partial charge in [-0.3, -0.25) is 19.6 Å². The molecule has 0 aliphatic rings. The lowest BCUT2D eigenvalue weighted by Gasteiger charge is -2.24. The van der Waals surface area contributed by atoms with Gasteiger partial charge in [-0.1, -0.05) is 30.3 Å². The molecule has 0 saturated carbocycles. The molecular formula is C23H27N5O2. The molecule has 0 aliphatic carbocycles. The van der Waals surface area contributed by atoms with Gasteiger partial charge in [0.05, 0.1) is 5.69 Å². The van der Waals surface area contributed by atoms with E-state index in [1.54, 1.807) is 12.4 Å². The Balaban J connectivity index is 1.76. The highest BCUT2D eigenvalue weighted by atomic mass is 16.1. The summed E-state index contributed by atoms with van der Waals surface area (Å²) in [7, 11) is 0. The average Bonchev–Trinajstić information content (AvgIpc) is 2.76. The van der Waals surface area contributed by atoms with Crippen LogP contribution in [-0.4, -0.2) is 40.5 Å². The fourth-order valence-electron chi connectivity index (χ4n) is 3.19. The van der Waals surface area contributed by atoms with E-state index in [1.165, 1.54) is 18.6 Å². The summed E-state index contributed by atoms with van der Waals surface area (Å²) in [4.78, 5) is 37.1. The smallest absolute Gasteiger partial charge is 0.252 e. The Bertz CT molecular complexity index is 989. The number of hydrogen-bond acceptors (Lipinski definition) is 5. The van der Waals surface area contributed by atoms with Crippen molar-refractivity contribution in [2.45, 2.75) is 26.2 Å². The van der Waals surface area contributed by atoms with Crippen molar-refractivity contribution in [1.82, 2.24) is 20.3 Å². The quantitative estimate of drug-likeness (QED) is 0.506. The van der Waals surface area contributed by atoms with Crippen molar-refractivity contribution >= 4 is 11.9 Å². The van der Waals surface area contributed by atoms with Crippen LogP contribution in [0.1, 0.15) is 25.3 Å². The Labute approximate surface area is 176 Å². The van der Waals surface area contributed by atoms with Crippen LogP contribution in [0, 0.1) is 0 Å². The molecule has 0 unspecified atom stereocenters. The van der Waals surface area contributed by atoms with Crippen LogP contribution < -0.4 is 15.8 Å². The number of benzene rings is 1. The summed E-state index contributed by atoms with van der Waals surface area (Å²) in [5.41, 5.74) is 2.52. The van der Waals surface area contributed by atoms with Gasteiger partial charge in [0, 0.05) is 50.6 Å². The first-order valence-corrected chi connectivity index (χ1v) is 10.2. The maximum absolute atomic E-state index is 12.3. The normalized spacial score (nSPS) is 10.6. The van der Waals surface area contributed by atoms with E-state index in [0.717, 1.165) is 37.9 Å². The van der Waals surface area contributed by atoms with Crippen LogP contribution in [0.3, 0.4) is 0 Å². The Morgan fingerprint density at radius 3 is 2.57 bits per heavy atom. The minimum absolute atomic E-state index is 0.0213. The molecule has 3 aromatic rings. The maximum atomic E-state index is 12.3. The van der Waals surface area contributed by atoms with Crippen LogP contribution in [0.5, 0.6) is 0 Å². The highest BCUT2D eigenvalue weighted by molar-refractivity contribution is 5.72. The monoisotopic (exact) mass is 405 g/mol. The van der Waals surface area contributed by atoms with Gasteiger partial charge >= 0.3 is 0 Å². The van der Waals surface area contributed by atoms with Crippen LogP contribution in [0.2, 0.25) is 0 Å². The Morgan fingerprint density at radius 1 is 1.07 bits per heavy atom. The van der Waals surface area contributed by atoms with Crippen molar-refractivity contribution in [3.05, 3.63) is 76.8 Å². The number of anilines is 1. The predicted octanol–water partition coefficient (Wildman–Crippen LogP) is 2.80. The molecule has 7 nitrogen and oxygen atoms in total. The third-order valence-corrected chi connectivity index (χ3v) is 4.75. The standard InChI is InChI=1S/C23H27N5O2/c1-18(29)25-12-5-6-15-28(16-11-19-7-3-2-4-8-19)23-26-21(17-22(30)27-23)20-9-13-24-14-10-20/h2-4,7-10,13-14,17H,5-6,11-12,15-16H2,1H3,(H,25,29)(H,26,27,30). The number of aromatic nitrogens is 3. The number of hydrogen-bond donors (Lipinski definition) is 2. The van der Waals surface area contributed by atoms with Gasteiger partial charge in [-0.05, 0) is 37.0 Å². The molecular weight excluding hydrogens is 378 g/mol. The zero-order chi connectivity index (χ0) is 21.2. The van der Waals surface area contributed by atoms with Crippen molar-refractivity contribution in [1.29, 1.82) is 0 Å². The van der Waals surface area contributed by atoms with Crippen LogP contribution >= 0.6 is 0 Å². The molecule has 0 spiro atoms. The van der Waals surface area contributed by atoms with Crippen molar-refractivity contribution < 1.29 is 4.79 Å². The van der Waals surface area contributed by atoms with Crippen molar-refractivity contribution in [3.8, 4) is 11.3 Å². The first kappa shape index (κ1) is 21.2. The van der Waals surface area contributed by atoms with Crippen molar-refractivity contribution in [2.75, 3.05) is 24.5 Å². The molecule has 156 valence electrons. The van der Waals surface area contributed by atoms with Crippen molar-refractivity contribution in [3.63, 3.8) is 0 Å². The van der Waals surface area contributed by atoms with E-state index in [2.05, 4.69) is 32.3 Å². The molecule has 0 saturated heterocycles. The number of rotatable bonds is 10. The number of nitrogens with zero attached hydrogens (tertiary/aromatic N) is 3. The lowest BCUT2D eigenvalue weighted by Crippen LogP contribution is -2.31. The number of carbonyl (C=O) groups excluding carboxylic acids is 1. The van der Waals surface area contributed by atoms with Gasteiger partial charge in [0.1, 0.15) is 0 Å². The number of amides is 1. The molecule has 0 atom stereocenters. The highest BCUT2D eigenvalue weighted by Gasteiger charge is 2.12. The fourth-order valence-corrected chi connectivity index (χ4v) is 3.19. The lowest BCUT2D eigenvalue weighted by molar-refractivity contribution is -0.118. The average molecular weight is 406 g/mol. The summed E-state index contributed by atoms with van der Waals surface area (Å²) in [6.45, 7) is 3.62. The van der Waals surface area contributed by atoms with Gasteiger partial charge in [-0.2, -0.15) is 0 Å². The molecule has 0 fully saturated rings. The first-order valence-electron chi connectivity index (χ1n) is 10.2. The van der Waals surface area contributed by atoms with Crippen LogP contribution in [0.4, 0.5) is 5.95 Å². The number of H-pyrrole nitrogens is 1. The Hall–Kier alpha value is -3.48.